The fraction of sp³-hybridized carbons (Fsp3) is 0.545. The summed E-state index contributed by atoms with van der Waals surface area (Å²) in [4.78, 5) is 5.81. The van der Waals surface area contributed by atoms with Gasteiger partial charge in [-0.15, -0.1) is 11.3 Å². The molecule has 1 atom stereocenters. The Bertz CT molecular complexity index is 948. The van der Waals surface area contributed by atoms with Crippen molar-refractivity contribution in [2.24, 2.45) is 10.1 Å². The molecule has 29 heavy (non-hydrogen) atoms. The number of fused-ring (bicyclic) bond motifs is 1. The second kappa shape index (κ2) is 8.71. The lowest BCUT2D eigenvalue weighted by molar-refractivity contribution is 0.117. The molecule has 0 bridgehead atoms. The quantitative estimate of drug-likeness (QED) is 0.753. The molecule has 6 nitrogen and oxygen atoms in total. The van der Waals surface area contributed by atoms with Crippen molar-refractivity contribution in [3.8, 4) is 22.8 Å². The van der Waals surface area contributed by atoms with Crippen molar-refractivity contribution in [2.75, 3.05) is 26.4 Å². The number of ether oxygens (including phenoxy) is 3. The number of benzene rings is 1. The molecule has 1 aliphatic carbocycles. The lowest BCUT2D eigenvalue weighted by atomic mass is 9.99. The van der Waals surface area contributed by atoms with E-state index in [1.54, 1.807) is 11.3 Å². The first-order chi connectivity index (χ1) is 14.4. The van der Waals surface area contributed by atoms with Crippen LogP contribution in [0.3, 0.4) is 0 Å². The number of hydrogen-bond acceptors (Lipinski definition) is 6. The minimum absolute atomic E-state index is 0.241. The summed E-state index contributed by atoms with van der Waals surface area (Å²) in [6.45, 7) is 2.75. The predicted molar refractivity (Wildman–Crippen MR) is 114 cm³/mol. The molecule has 2 aliphatic heterocycles. The fourth-order valence-electron chi connectivity index (χ4n) is 4.07. The molecule has 2 fully saturated rings. The highest BCUT2D eigenvalue weighted by molar-refractivity contribution is 7.07. The summed E-state index contributed by atoms with van der Waals surface area (Å²) in [7, 11) is 0. The number of hydrogen-bond donors (Lipinski definition) is 0. The summed E-state index contributed by atoms with van der Waals surface area (Å²) in [5, 5.41) is 7.19. The van der Waals surface area contributed by atoms with Crippen molar-refractivity contribution in [2.45, 2.75) is 51.0 Å². The van der Waals surface area contributed by atoms with Crippen molar-refractivity contribution in [3.63, 3.8) is 0 Å². The third-order valence-electron chi connectivity index (χ3n) is 5.65. The molecule has 0 radical (unpaired) electrons. The maximum Gasteiger partial charge on any atom is 0.206 e. The highest BCUT2D eigenvalue weighted by atomic mass is 32.1. The topological polar surface area (TPSA) is 57.3 Å². The van der Waals surface area contributed by atoms with Crippen molar-refractivity contribution in [1.82, 2.24) is 4.68 Å². The number of nitrogens with zero attached hydrogens (tertiary/aromatic N) is 3. The molecule has 0 N–H and O–H groups in total. The molecule has 1 aromatic heterocycles. The maximum atomic E-state index is 5.79. The Morgan fingerprint density at radius 1 is 1.00 bits per heavy atom. The lowest BCUT2D eigenvalue weighted by Gasteiger charge is -2.19. The van der Waals surface area contributed by atoms with Gasteiger partial charge in [-0.2, -0.15) is 5.10 Å². The average molecular weight is 414 g/mol. The number of thiazole rings is 1. The van der Waals surface area contributed by atoms with Gasteiger partial charge >= 0.3 is 0 Å². The van der Waals surface area contributed by atoms with E-state index in [0.29, 0.717) is 19.8 Å². The highest BCUT2D eigenvalue weighted by Crippen LogP contribution is 2.34. The lowest BCUT2D eigenvalue weighted by Crippen LogP contribution is -2.19. The molecule has 0 spiro atoms. The normalized spacial score (nSPS) is 22.1. The molecule has 1 saturated heterocycles. The zero-order chi connectivity index (χ0) is 19.5. The van der Waals surface area contributed by atoms with Gasteiger partial charge in [0.1, 0.15) is 13.2 Å². The van der Waals surface area contributed by atoms with E-state index in [2.05, 4.69) is 17.5 Å². The van der Waals surface area contributed by atoms with Crippen LogP contribution in [0.1, 0.15) is 44.9 Å². The number of rotatable bonds is 4. The smallest absolute Gasteiger partial charge is 0.206 e. The van der Waals surface area contributed by atoms with E-state index in [4.69, 9.17) is 24.3 Å². The molecule has 3 heterocycles. The van der Waals surface area contributed by atoms with Gasteiger partial charge in [-0.1, -0.05) is 6.42 Å². The third-order valence-corrected chi connectivity index (χ3v) is 6.50. The molecule has 3 aliphatic rings. The fourth-order valence-corrected chi connectivity index (χ4v) is 4.92. The van der Waals surface area contributed by atoms with Crippen LogP contribution >= 0.6 is 11.3 Å². The molecule has 1 saturated carbocycles. The van der Waals surface area contributed by atoms with E-state index in [-0.39, 0.29) is 6.10 Å². The van der Waals surface area contributed by atoms with Gasteiger partial charge in [0.25, 0.3) is 0 Å². The second-order valence-corrected chi connectivity index (χ2v) is 8.61. The van der Waals surface area contributed by atoms with Crippen molar-refractivity contribution in [3.05, 3.63) is 28.4 Å². The Hall–Kier alpha value is -2.12. The van der Waals surface area contributed by atoms with Crippen LogP contribution in [0.2, 0.25) is 0 Å². The van der Waals surface area contributed by atoms with Gasteiger partial charge in [-0.3, -0.25) is 4.99 Å². The monoisotopic (exact) mass is 413 g/mol. The van der Waals surface area contributed by atoms with Crippen molar-refractivity contribution in [1.29, 1.82) is 0 Å². The Balaban J connectivity index is 1.53. The van der Waals surface area contributed by atoms with E-state index in [1.807, 2.05) is 10.7 Å². The second-order valence-electron chi connectivity index (χ2n) is 7.78. The Morgan fingerprint density at radius 2 is 1.86 bits per heavy atom. The van der Waals surface area contributed by atoms with Crippen LogP contribution in [0.4, 0.5) is 0 Å². The van der Waals surface area contributed by atoms with Crippen LogP contribution in [0.15, 0.2) is 33.7 Å². The first-order valence-corrected chi connectivity index (χ1v) is 11.5. The van der Waals surface area contributed by atoms with Gasteiger partial charge in [0, 0.05) is 23.3 Å². The summed E-state index contributed by atoms with van der Waals surface area (Å²) in [5.74, 6) is 1.61. The van der Waals surface area contributed by atoms with Crippen LogP contribution < -0.4 is 14.3 Å². The molecule has 1 aromatic carbocycles. The third kappa shape index (κ3) is 4.26. The summed E-state index contributed by atoms with van der Waals surface area (Å²) < 4.78 is 19.3. The van der Waals surface area contributed by atoms with E-state index in [9.17, 15) is 0 Å². The van der Waals surface area contributed by atoms with E-state index < -0.39 is 0 Å². The average Bonchev–Trinajstić information content (AvgIpc) is 3.43. The van der Waals surface area contributed by atoms with Crippen LogP contribution in [0.25, 0.3) is 11.3 Å². The molecule has 0 amide bonds. The van der Waals surface area contributed by atoms with Gasteiger partial charge in [-0.25, -0.2) is 4.68 Å². The largest absolute Gasteiger partial charge is 0.486 e. The predicted octanol–water partition coefficient (Wildman–Crippen LogP) is 4.24. The van der Waals surface area contributed by atoms with Gasteiger partial charge < -0.3 is 14.2 Å². The molecular weight excluding hydrogens is 386 g/mol. The summed E-state index contributed by atoms with van der Waals surface area (Å²) >= 11 is 1.64. The molecule has 154 valence electrons. The van der Waals surface area contributed by atoms with Gasteiger partial charge in [-0.05, 0) is 56.7 Å². The van der Waals surface area contributed by atoms with Gasteiger partial charge in [0.05, 0.1) is 18.3 Å². The number of aromatic nitrogens is 1. The first-order valence-electron chi connectivity index (χ1n) is 10.7. The Kier molecular flexibility index (Phi) is 5.67. The van der Waals surface area contributed by atoms with Crippen LogP contribution in [-0.4, -0.2) is 42.9 Å². The van der Waals surface area contributed by atoms with Crippen LogP contribution in [-0.2, 0) is 4.74 Å². The Morgan fingerprint density at radius 3 is 2.69 bits per heavy atom. The van der Waals surface area contributed by atoms with Gasteiger partial charge in [0.15, 0.2) is 11.5 Å². The van der Waals surface area contributed by atoms with Crippen LogP contribution in [0, 0.1) is 0 Å². The SMILES string of the molecule is c1cc2c(cc1-c1csc(=NC[C@@H]3CCCO3)n1N=C1CCCCC1)OCCO2. The Labute approximate surface area is 174 Å². The molecule has 2 aromatic rings. The zero-order valence-corrected chi connectivity index (χ0v) is 17.5. The van der Waals surface area contributed by atoms with E-state index >= 15 is 0 Å². The zero-order valence-electron chi connectivity index (χ0n) is 16.6. The van der Waals surface area contributed by atoms with Crippen molar-refractivity contribution >= 4 is 17.0 Å². The first kappa shape index (κ1) is 18.9. The van der Waals surface area contributed by atoms with E-state index in [0.717, 1.165) is 59.8 Å². The van der Waals surface area contributed by atoms with Crippen molar-refractivity contribution < 1.29 is 14.2 Å². The molecule has 5 rings (SSSR count). The minimum Gasteiger partial charge on any atom is -0.486 e. The summed E-state index contributed by atoms with van der Waals surface area (Å²) in [5.41, 5.74) is 3.40. The molecular formula is C22H27N3O3S. The van der Waals surface area contributed by atoms with Gasteiger partial charge in [0.2, 0.25) is 4.80 Å². The van der Waals surface area contributed by atoms with E-state index in [1.165, 1.54) is 25.0 Å². The molecule has 7 heteroatoms. The summed E-state index contributed by atoms with van der Waals surface area (Å²) in [6, 6.07) is 6.12. The maximum absolute atomic E-state index is 5.79. The highest BCUT2D eigenvalue weighted by Gasteiger charge is 2.18. The summed E-state index contributed by atoms with van der Waals surface area (Å²) in [6.07, 6.45) is 8.39. The van der Waals surface area contributed by atoms with Crippen LogP contribution in [0.5, 0.6) is 11.5 Å². The minimum atomic E-state index is 0.241. The standard InChI is InChI=1S/C22H27N3O3S/c1-2-5-17(6-3-1)24-25-19(15-29-22(25)23-14-18-7-4-10-26-18)16-8-9-20-21(13-16)28-12-11-27-20/h8-9,13,15,18H,1-7,10-12,14H2/t18-/m0/s1. The molecule has 0 unspecified atom stereocenters.